The van der Waals surface area contributed by atoms with Gasteiger partial charge in [-0.1, -0.05) is 29.8 Å². The summed E-state index contributed by atoms with van der Waals surface area (Å²) in [6.45, 7) is 0. The normalized spacial score (nSPS) is 11.1. The quantitative estimate of drug-likeness (QED) is 0.604. The Bertz CT molecular complexity index is 653. The van der Waals surface area contributed by atoms with Gasteiger partial charge in [-0.25, -0.2) is 0 Å². The first-order chi connectivity index (χ1) is 7.77. The van der Waals surface area contributed by atoms with Gasteiger partial charge in [0.25, 0.3) is 0 Å². The van der Waals surface area contributed by atoms with Crippen LogP contribution >= 0.6 is 11.6 Å². The minimum Gasteiger partial charge on any atom is -0.384 e. The molecule has 0 spiro atoms. The fraction of sp³-hybridized carbons (Fsp3) is 0. The highest BCUT2D eigenvalue weighted by atomic mass is 35.5. The van der Waals surface area contributed by atoms with Crippen molar-refractivity contribution in [3.63, 3.8) is 0 Å². The molecular weight excluding hydrogens is 224 g/mol. The zero-order valence-corrected chi connectivity index (χ0v) is 9.05. The number of para-hydroxylation sites is 1. The molecule has 16 heavy (non-hydrogen) atoms. The number of anilines is 1. The summed E-state index contributed by atoms with van der Waals surface area (Å²) in [6.07, 6.45) is 3.48. The summed E-state index contributed by atoms with van der Waals surface area (Å²) in [5, 5.41) is 8.33. The maximum atomic E-state index is 6.06. The number of rotatable bonds is 1. The fourth-order valence-electron chi connectivity index (χ4n) is 1.86. The van der Waals surface area contributed by atoms with Crippen molar-refractivity contribution in [2.45, 2.75) is 0 Å². The molecule has 2 aromatic heterocycles. The van der Waals surface area contributed by atoms with E-state index in [9.17, 15) is 0 Å². The van der Waals surface area contributed by atoms with E-state index in [4.69, 9.17) is 17.3 Å². The number of nitrogens with two attached hydrogens (primary N) is 1. The van der Waals surface area contributed by atoms with E-state index in [1.54, 1.807) is 12.4 Å². The highest BCUT2D eigenvalue weighted by Gasteiger charge is 2.10. The number of benzene rings is 1. The van der Waals surface area contributed by atoms with Crippen LogP contribution in [0.4, 0.5) is 5.82 Å². The Balaban J connectivity index is 2.36. The van der Waals surface area contributed by atoms with Crippen molar-refractivity contribution in [1.82, 2.24) is 15.2 Å². The zero-order chi connectivity index (χ0) is 11.1. The molecule has 80 valence electrons. The lowest BCUT2D eigenvalue weighted by atomic mass is 10.1. The van der Waals surface area contributed by atoms with Crippen LogP contribution in [0.2, 0.25) is 5.02 Å². The van der Waals surface area contributed by atoms with Crippen LogP contribution in [0.15, 0.2) is 30.6 Å². The number of aromatic nitrogens is 3. The van der Waals surface area contributed by atoms with E-state index in [1.165, 1.54) is 0 Å². The minimum atomic E-state index is 0.554. The van der Waals surface area contributed by atoms with Crippen LogP contribution in [-0.2, 0) is 0 Å². The minimum absolute atomic E-state index is 0.554. The summed E-state index contributed by atoms with van der Waals surface area (Å²) in [6, 6.07) is 5.90. The van der Waals surface area contributed by atoms with Crippen molar-refractivity contribution >= 4 is 28.3 Å². The zero-order valence-electron chi connectivity index (χ0n) is 8.29. The van der Waals surface area contributed by atoms with Gasteiger partial charge in [0.2, 0.25) is 0 Å². The number of fused-ring (bicyclic) bond motifs is 1. The van der Waals surface area contributed by atoms with Gasteiger partial charge in [-0.3, -0.25) is 5.10 Å². The molecule has 1 aromatic carbocycles. The predicted molar refractivity (Wildman–Crippen MR) is 65.3 cm³/mol. The summed E-state index contributed by atoms with van der Waals surface area (Å²) in [5.41, 5.74) is 8.65. The fourth-order valence-corrected chi connectivity index (χ4v) is 2.07. The van der Waals surface area contributed by atoms with E-state index in [1.807, 2.05) is 18.2 Å². The molecule has 0 saturated heterocycles. The lowest BCUT2D eigenvalue weighted by Crippen LogP contribution is -1.88. The lowest BCUT2D eigenvalue weighted by Gasteiger charge is -2.01. The average Bonchev–Trinajstić information content (AvgIpc) is 2.86. The maximum Gasteiger partial charge on any atom is 0.126 e. The Labute approximate surface area is 96.4 Å². The van der Waals surface area contributed by atoms with Gasteiger partial charge in [0.05, 0.1) is 16.7 Å². The smallest absolute Gasteiger partial charge is 0.126 e. The number of hydrogen-bond donors (Lipinski definition) is 3. The van der Waals surface area contributed by atoms with Crippen molar-refractivity contribution in [1.29, 1.82) is 0 Å². The van der Waals surface area contributed by atoms with Crippen molar-refractivity contribution in [2.24, 2.45) is 0 Å². The lowest BCUT2D eigenvalue weighted by molar-refractivity contribution is 1.10. The SMILES string of the molecule is Nc1[nH]ncc1-c1cccc2c(Cl)c[nH]c12. The van der Waals surface area contributed by atoms with E-state index in [0.717, 1.165) is 22.0 Å². The third kappa shape index (κ3) is 1.20. The number of hydrogen-bond acceptors (Lipinski definition) is 2. The first-order valence-corrected chi connectivity index (χ1v) is 5.20. The third-order valence-corrected chi connectivity index (χ3v) is 2.94. The van der Waals surface area contributed by atoms with Crippen molar-refractivity contribution in [3.05, 3.63) is 35.6 Å². The largest absolute Gasteiger partial charge is 0.384 e. The van der Waals surface area contributed by atoms with Gasteiger partial charge >= 0.3 is 0 Å². The Morgan fingerprint density at radius 1 is 1.25 bits per heavy atom. The molecule has 0 unspecified atom stereocenters. The molecule has 0 radical (unpaired) electrons. The number of nitrogen functional groups attached to an aromatic ring is 1. The summed E-state index contributed by atoms with van der Waals surface area (Å²) < 4.78 is 0. The van der Waals surface area contributed by atoms with Gasteiger partial charge in [0.1, 0.15) is 5.82 Å². The van der Waals surface area contributed by atoms with Gasteiger partial charge in [-0.15, -0.1) is 0 Å². The van der Waals surface area contributed by atoms with Gasteiger partial charge in [0.15, 0.2) is 0 Å². The molecule has 0 bridgehead atoms. The molecule has 3 rings (SSSR count). The van der Waals surface area contributed by atoms with Crippen LogP contribution in [0.3, 0.4) is 0 Å². The molecule has 0 aliphatic heterocycles. The Morgan fingerprint density at radius 3 is 2.88 bits per heavy atom. The molecule has 0 atom stereocenters. The van der Waals surface area contributed by atoms with Crippen LogP contribution in [-0.4, -0.2) is 15.2 Å². The molecule has 2 heterocycles. The highest BCUT2D eigenvalue weighted by Crippen LogP contribution is 2.33. The number of H-pyrrole nitrogens is 2. The van der Waals surface area contributed by atoms with Gasteiger partial charge in [0, 0.05) is 22.7 Å². The summed E-state index contributed by atoms with van der Waals surface area (Å²) in [4.78, 5) is 3.14. The van der Waals surface area contributed by atoms with Crippen LogP contribution in [0.25, 0.3) is 22.0 Å². The number of nitrogens with zero attached hydrogens (tertiary/aromatic N) is 1. The summed E-state index contributed by atoms with van der Waals surface area (Å²) in [7, 11) is 0. The Hall–Kier alpha value is -1.94. The maximum absolute atomic E-state index is 6.06. The Kier molecular flexibility index (Phi) is 1.91. The van der Waals surface area contributed by atoms with Crippen molar-refractivity contribution in [2.75, 3.05) is 5.73 Å². The van der Waals surface area contributed by atoms with Crippen molar-refractivity contribution in [3.8, 4) is 11.1 Å². The van der Waals surface area contributed by atoms with Gasteiger partial charge in [-0.2, -0.15) is 5.10 Å². The third-order valence-electron chi connectivity index (χ3n) is 2.62. The Morgan fingerprint density at radius 2 is 2.12 bits per heavy atom. The van der Waals surface area contributed by atoms with Crippen LogP contribution in [0.5, 0.6) is 0 Å². The molecule has 3 aromatic rings. The molecule has 0 aliphatic carbocycles. The molecule has 5 heteroatoms. The molecule has 0 amide bonds. The molecule has 0 saturated carbocycles. The molecule has 4 nitrogen and oxygen atoms in total. The molecule has 0 fully saturated rings. The first kappa shape index (κ1) is 9.30. The van der Waals surface area contributed by atoms with Crippen molar-refractivity contribution < 1.29 is 0 Å². The number of aromatic amines is 2. The molecule has 4 N–H and O–H groups in total. The first-order valence-electron chi connectivity index (χ1n) is 4.82. The number of halogens is 1. The topological polar surface area (TPSA) is 70.5 Å². The predicted octanol–water partition coefficient (Wildman–Crippen LogP) is 2.79. The highest BCUT2D eigenvalue weighted by molar-refractivity contribution is 6.36. The van der Waals surface area contributed by atoms with Crippen LogP contribution in [0.1, 0.15) is 0 Å². The van der Waals surface area contributed by atoms with Crippen LogP contribution < -0.4 is 5.73 Å². The van der Waals surface area contributed by atoms with E-state index >= 15 is 0 Å². The van der Waals surface area contributed by atoms with E-state index in [-0.39, 0.29) is 0 Å². The second-order valence-corrected chi connectivity index (χ2v) is 3.97. The second-order valence-electron chi connectivity index (χ2n) is 3.56. The monoisotopic (exact) mass is 232 g/mol. The number of nitrogens with one attached hydrogen (secondary N) is 2. The van der Waals surface area contributed by atoms with Gasteiger partial charge in [-0.05, 0) is 0 Å². The molecular formula is C11H9ClN4. The molecule has 0 aliphatic rings. The van der Waals surface area contributed by atoms with Crippen LogP contribution in [0, 0.1) is 0 Å². The van der Waals surface area contributed by atoms with E-state index in [0.29, 0.717) is 10.8 Å². The summed E-state index contributed by atoms with van der Waals surface area (Å²) >= 11 is 6.06. The average molecular weight is 233 g/mol. The second kappa shape index (κ2) is 3.28. The van der Waals surface area contributed by atoms with Gasteiger partial charge < -0.3 is 10.7 Å². The van der Waals surface area contributed by atoms with E-state index < -0.39 is 0 Å². The van der Waals surface area contributed by atoms with E-state index in [2.05, 4.69) is 15.2 Å². The standard InChI is InChI=1S/C11H9ClN4/c12-9-5-14-10-6(2-1-3-7(9)10)8-4-15-16-11(8)13/h1-5,14H,(H3,13,15,16). The summed E-state index contributed by atoms with van der Waals surface area (Å²) in [5.74, 6) is 0.554.